The van der Waals surface area contributed by atoms with Crippen molar-refractivity contribution in [3.8, 4) is 0 Å². The van der Waals surface area contributed by atoms with Gasteiger partial charge in [0, 0.05) is 61.9 Å². The van der Waals surface area contributed by atoms with Gasteiger partial charge in [0.25, 0.3) is 0 Å². The van der Waals surface area contributed by atoms with Crippen molar-refractivity contribution in [1.82, 2.24) is 19.6 Å². The fourth-order valence-electron chi connectivity index (χ4n) is 6.23. The summed E-state index contributed by atoms with van der Waals surface area (Å²) in [5, 5.41) is 0. The lowest BCUT2D eigenvalue weighted by Crippen LogP contribution is -2.71. The molecule has 4 aliphatic rings. The highest BCUT2D eigenvalue weighted by molar-refractivity contribution is 5.04. The van der Waals surface area contributed by atoms with Crippen LogP contribution in [-0.2, 0) is 0 Å². The van der Waals surface area contributed by atoms with Crippen LogP contribution in [0.5, 0.6) is 0 Å². The van der Waals surface area contributed by atoms with E-state index in [4.69, 9.17) is 0 Å². The van der Waals surface area contributed by atoms with Crippen molar-refractivity contribution in [2.24, 2.45) is 5.92 Å². The molecule has 0 aromatic carbocycles. The van der Waals surface area contributed by atoms with Crippen LogP contribution in [0.2, 0.25) is 0 Å². The number of likely N-dealkylation sites (tertiary alicyclic amines) is 4. The Bertz CT molecular complexity index is 506. The molecule has 0 saturated carbocycles. The molecule has 4 rings (SSSR count). The van der Waals surface area contributed by atoms with E-state index in [0.29, 0.717) is 11.1 Å². The van der Waals surface area contributed by atoms with Crippen molar-refractivity contribution >= 4 is 0 Å². The first-order valence-corrected chi connectivity index (χ1v) is 12.1. The van der Waals surface area contributed by atoms with E-state index >= 15 is 0 Å². The lowest BCUT2D eigenvalue weighted by Gasteiger charge is -2.60. The molecule has 162 valence electrons. The van der Waals surface area contributed by atoms with Crippen molar-refractivity contribution in [2.75, 3.05) is 45.8 Å². The highest BCUT2D eigenvalue weighted by Gasteiger charge is 2.47. The standard InChI is InChI=1S/C24H46N4/c1-23(2,3)26-13-9-20(10-14-26)25-11-7-19(8-12-25)16-28-21-15-22(28)18-27(17-21)24(4,5)6/h19-22H,7-18H2,1-6H3. The van der Waals surface area contributed by atoms with E-state index in [9.17, 15) is 0 Å². The Morgan fingerprint density at radius 3 is 1.68 bits per heavy atom. The van der Waals surface area contributed by atoms with Crippen LogP contribution < -0.4 is 0 Å². The summed E-state index contributed by atoms with van der Waals surface area (Å²) in [7, 11) is 0. The maximum absolute atomic E-state index is 2.88. The lowest BCUT2D eigenvalue weighted by atomic mass is 9.82. The first-order valence-electron chi connectivity index (χ1n) is 12.1. The van der Waals surface area contributed by atoms with Crippen molar-refractivity contribution in [2.45, 2.75) is 103 Å². The number of rotatable bonds is 3. The van der Waals surface area contributed by atoms with Gasteiger partial charge in [0.2, 0.25) is 0 Å². The first kappa shape index (κ1) is 21.1. The zero-order valence-electron chi connectivity index (χ0n) is 19.6. The molecular weight excluding hydrogens is 344 g/mol. The Kier molecular flexibility index (Phi) is 5.90. The van der Waals surface area contributed by atoms with Gasteiger partial charge in [-0.2, -0.15) is 0 Å². The van der Waals surface area contributed by atoms with Gasteiger partial charge in [-0.25, -0.2) is 0 Å². The van der Waals surface area contributed by atoms with Gasteiger partial charge in [0.1, 0.15) is 0 Å². The van der Waals surface area contributed by atoms with Crippen LogP contribution in [-0.4, -0.2) is 94.6 Å². The van der Waals surface area contributed by atoms with Crippen molar-refractivity contribution in [1.29, 1.82) is 0 Å². The quantitative estimate of drug-likeness (QED) is 0.731. The summed E-state index contributed by atoms with van der Waals surface area (Å²) in [4.78, 5) is 11.1. The summed E-state index contributed by atoms with van der Waals surface area (Å²) < 4.78 is 0. The Labute approximate surface area is 174 Å². The van der Waals surface area contributed by atoms with Gasteiger partial charge in [-0.3, -0.25) is 14.7 Å². The molecule has 4 heteroatoms. The second-order valence-corrected chi connectivity index (χ2v) is 12.2. The summed E-state index contributed by atoms with van der Waals surface area (Å²) in [6.07, 6.45) is 7.07. The van der Waals surface area contributed by atoms with Crippen LogP contribution in [0.15, 0.2) is 0 Å². The predicted molar refractivity (Wildman–Crippen MR) is 119 cm³/mol. The minimum atomic E-state index is 0.343. The molecule has 4 heterocycles. The van der Waals surface area contributed by atoms with Crippen molar-refractivity contribution in [3.05, 3.63) is 0 Å². The topological polar surface area (TPSA) is 13.0 Å². The van der Waals surface area contributed by atoms with Crippen LogP contribution in [0.1, 0.15) is 73.6 Å². The van der Waals surface area contributed by atoms with E-state index in [1.807, 2.05) is 0 Å². The molecule has 0 aliphatic carbocycles. The van der Waals surface area contributed by atoms with E-state index in [1.165, 1.54) is 77.9 Å². The molecule has 4 nitrogen and oxygen atoms in total. The number of hydrogen-bond acceptors (Lipinski definition) is 4. The Morgan fingerprint density at radius 2 is 1.18 bits per heavy atom. The average Bonchev–Trinajstić information content (AvgIpc) is 2.65. The number of hydrogen-bond donors (Lipinski definition) is 0. The Hall–Kier alpha value is -0.160. The molecule has 0 N–H and O–H groups in total. The van der Waals surface area contributed by atoms with E-state index in [0.717, 1.165) is 24.0 Å². The SMILES string of the molecule is CC(C)(C)N1CCC(N2CCC(CN3C4CC3CN(C(C)(C)C)C4)CC2)CC1. The second-order valence-electron chi connectivity index (χ2n) is 12.2. The third-order valence-corrected chi connectivity index (χ3v) is 8.34. The molecule has 4 saturated heterocycles. The molecule has 0 spiro atoms. The molecule has 28 heavy (non-hydrogen) atoms. The third kappa shape index (κ3) is 4.45. The molecule has 4 fully saturated rings. The summed E-state index contributed by atoms with van der Waals surface area (Å²) in [6, 6.07) is 2.54. The number of piperazine rings is 1. The van der Waals surface area contributed by atoms with Gasteiger partial charge < -0.3 is 4.90 Å². The molecule has 0 aromatic heterocycles. The molecule has 2 unspecified atom stereocenters. The number of fused-ring (bicyclic) bond motifs is 2. The summed E-state index contributed by atoms with van der Waals surface area (Å²) in [5.74, 6) is 0.942. The molecule has 4 aliphatic heterocycles. The minimum absolute atomic E-state index is 0.343. The van der Waals surface area contributed by atoms with E-state index in [-0.39, 0.29) is 0 Å². The number of piperidine rings is 3. The van der Waals surface area contributed by atoms with Crippen LogP contribution in [0.25, 0.3) is 0 Å². The summed E-state index contributed by atoms with van der Waals surface area (Å²) >= 11 is 0. The Morgan fingerprint density at radius 1 is 0.643 bits per heavy atom. The van der Waals surface area contributed by atoms with Crippen LogP contribution in [0.3, 0.4) is 0 Å². The second kappa shape index (κ2) is 7.83. The Balaban J connectivity index is 1.19. The highest BCUT2D eigenvalue weighted by atomic mass is 15.4. The number of nitrogens with zero attached hydrogens (tertiary/aromatic N) is 4. The van der Waals surface area contributed by atoms with Crippen LogP contribution >= 0.6 is 0 Å². The normalized spacial score (nSPS) is 33.2. The van der Waals surface area contributed by atoms with Crippen LogP contribution in [0, 0.1) is 5.92 Å². The molecule has 0 radical (unpaired) electrons. The fraction of sp³-hybridized carbons (Fsp3) is 1.00. The molecule has 2 bridgehead atoms. The zero-order valence-corrected chi connectivity index (χ0v) is 19.6. The van der Waals surface area contributed by atoms with Gasteiger partial charge in [-0.1, -0.05) is 0 Å². The lowest BCUT2D eigenvalue weighted by molar-refractivity contribution is -0.104. The molecule has 0 aromatic rings. The maximum Gasteiger partial charge on any atom is 0.0242 e. The maximum atomic E-state index is 2.88. The molecule has 0 amide bonds. The average molecular weight is 391 g/mol. The zero-order chi connectivity index (χ0) is 20.1. The fourth-order valence-corrected chi connectivity index (χ4v) is 6.23. The van der Waals surface area contributed by atoms with E-state index < -0.39 is 0 Å². The monoisotopic (exact) mass is 390 g/mol. The van der Waals surface area contributed by atoms with E-state index in [2.05, 4.69) is 61.1 Å². The van der Waals surface area contributed by atoms with Crippen molar-refractivity contribution in [3.63, 3.8) is 0 Å². The predicted octanol–water partition coefficient (Wildman–Crippen LogP) is 3.52. The van der Waals surface area contributed by atoms with Crippen LogP contribution in [0.4, 0.5) is 0 Å². The van der Waals surface area contributed by atoms with E-state index in [1.54, 1.807) is 0 Å². The first-order chi connectivity index (χ1) is 13.1. The highest BCUT2D eigenvalue weighted by Crippen LogP contribution is 2.37. The summed E-state index contributed by atoms with van der Waals surface area (Å²) in [6.45, 7) is 23.5. The largest absolute Gasteiger partial charge is 0.300 e. The minimum Gasteiger partial charge on any atom is -0.300 e. The smallest absolute Gasteiger partial charge is 0.0242 e. The van der Waals surface area contributed by atoms with Gasteiger partial charge in [0.05, 0.1) is 0 Å². The third-order valence-electron chi connectivity index (χ3n) is 8.34. The van der Waals surface area contributed by atoms with Gasteiger partial charge >= 0.3 is 0 Å². The molecule has 2 atom stereocenters. The van der Waals surface area contributed by atoms with Gasteiger partial charge in [-0.15, -0.1) is 0 Å². The molecular formula is C24H46N4. The van der Waals surface area contributed by atoms with Gasteiger partial charge in [-0.05, 0) is 92.7 Å². The summed E-state index contributed by atoms with van der Waals surface area (Å²) in [5.41, 5.74) is 0.687. The van der Waals surface area contributed by atoms with Crippen molar-refractivity contribution < 1.29 is 0 Å². The van der Waals surface area contributed by atoms with Gasteiger partial charge in [0.15, 0.2) is 0 Å².